The van der Waals surface area contributed by atoms with Gasteiger partial charge in [-0.2, -0.15) is 0 Å². The molecule has 0 spiro atoms. The average molecular weight is 304 g/mol. The summed E-state index contributed by atoms with van der Waals surface area (Å²) in [6.45, 7) is 1.87. The molecule has 0 aliphatic carbocycles. The van der Waals surface area contributed by atoms with Gasteiger partial charge in [-0.1, -0.05) is 53.5 Å². The molecule has 0 radical (unpaired) electrons. The van der Waals surface area contributed by atoms with E-state index in [4.69, 9.17) is 23.2 Å². The Morgan fingerprint density at radius 2 is 1.75 bits per heavy atom. The molecule has 0 unspecified atom stereocenters. The van der Waals surface area contributed by atoms with Crippen LogP contribution in [0, 0.1) is 6.92 Å². The number of hydrogen-bond acceptors (Lipinski definition) is 1. The minimum atomic E-state index is -0.0795. The van der Waals surface area contributed by atoms with Gasteiger partial charge in [0, 0.05) is 16.3 Å². The maximum Gasteiger partial charge on any atom is 0.198 e. The van der Waals surface area contributed by atoms with Crippen LogP contribution in [-0.2, 0) is 0 Å². The van der Waals surface area contributed by atoms with Gasteiger partial charge in [0.05, 0.1) is 15.9 Å². The van der Waals surface area contributed by atoms with Crippen molar-refractivity contribution < 1.29 is 0 Å². The lowest BCUT2D eigenvalue weighted by Crippen LogP contribution is -2.10. The lowest BCUT2D eigenvalue weighted by Gasteiger charge is -2.09. The second kappa shape index (κ2) is 4.97. The van der Waals surface area contributed by atoms with Gasteiger partial charge < -0.3 is 4.98 Å². The summed E-state index contributed by atoms with van der Waals surface area (Å²) in [4.78, 5) is 15.9. The maximum atomic E-state index is 12.7. The summed E-state index contributed by atoms with van der Waals surface area (Å²) < 4.78 is 0. The highest BCUT2D eigenvalue weighted by Crippen LogP contribution is 2.28. The van der Waals surface area contributed by atoms with Gasteiger partial charge in [0.25, 0.3) is 0 Å². The van der Waals surface area contributed by atoms with E-state index in [1.165, 1.54) is 0 Å². The summed E-state index contributed by atoms with van der Waals surface area (Å²) in [5, 5.41) is 1.34. The Morgan fingerprint density at radius 3 is 2.45 bits per heavy atom. The van der Waals surface area contributed by atoms with Gasteiger partial charge in [0.1, 0.15) is 0 Å². The Bertz CT molecular complexity index is 854. The van der Waals surface area contributed by atoms with Crippen LogP contribution in [0.4, 0.5) is 0 Å². The van der Waals surface area contributed by atoms with E-state index in [9.17, 15) is 4.79 Å². The molecule has 1 aromatic heterocycles. The van der Waals surface area contributed by atoms with Crippen molar-refractivity contribution in [1.82, 2.24) is 4.98 Å². The summed E-state index contributed by atoms with van der Waals surface area (Å²) in [5.41, 5.74) is 2.89. The summed E-state index contributed by atoms with van der Waals surface area (Å²) in [7, 11) is 0. The highest BCUT2D eigenvalue weighted by Gasteiger charge is 2.14. The summed E-state index contributed by atoms with van der Waals surface area (Å²) in [6.07, 6.45) is 0. The Labute approximate surface area is 126 Å². The molecule has 4 heteroatoms. The number of aromatic amines is 1. The van der Waals surface area contributed by atoms with Crippen molar-refractivity contribution in [1.29, 1.82) is 0 Å². The third kappa shape index (κ3) is 2.11. The number of hydrogen-bond donors (Lipinski definition) is 1. The molecule has 0 saturated heterocycles. The van der Waals surface area contributed by atoms with Gasteiger partial charge in [-0.05, 0) is 24.6 Å². The number of nitrogens with one attached hydrogen (secondary N) is 1. The third-order valence-electron chi connectivity index (χ3n) is 3.27. The molecular formula is C16H11Cl2NO. The van der Waals surface area contributed by atoms with Crippen molar-refractivity contribution in [2.75, 3.05) is 0 Å². The van der Waals surface area contributed by atoms with Crippen molar-refractivity contribution in [2.24, 2.45) is 0 Å². The van der Waals surface area contributed by atoms with Crippen molar-refractivity contribution in [3.8, 4) is 11.1 Å². The highest BCUT2D eigenvalue weighted by atomic mass is 35.5. The molecule has 0 fully saturated rings. The monoisotopic (exact) mass is 303 g/mol. The molecule has 1 N–H and O–H groups in total. The molecule has 100 valence electrons. The largest absolute Gasteiger partial charge is 0.358 e. The first-order valence-corrected chi connectivity index (χ1v) is 6.90. The molecule has 0 bridgehead atoms. The molecule has 0 aliphatic heterocycles. The predicted octanol–water partition coefficient (Wildman–Crippen LogP) is 4.81. The van der Waals surface area contributed by atoms with Crippen LogP contribution in [0.25, 0.3) is 22.0 Å². The molecule has 3 rings (SSSR count). The van der Waals surface area contributed by atoms with Crippen LogP contribution in [-0.4, -0.2) is 4.98 Å². The van der Waals surface area contributed by atoms with E-state index in [-0.39, 0.29) is 5.43 Å². The van der Waals surface area contributed by atoms with Gasteiger partial charge in [-0.3, -0.25) is 4.79 Å². The van der Waals surface area contributed by atoms with Crippen LogP contribution in [0.3, 0.4) is 0 Å². The first kappa shape index (κ1) is 13.2. The first-order valence-electron chi connectivity index (χ1n) is 6.15. The van der Waals surface area contributed by atoms with E-state index in [0.717, 1.165) is 11.3 Å². The Hall–Kier alpha value is -1.77. The van der Waals surface area contributed by atoms with Crippen molar-refractivity contribution in [2.45, 2.75) is 6.92 Å². The van der Waals surface area contributed by atoms with Gasteiger partial charge in [0.2, 0.25) is 0 Å². The number of rotatable bonds is 1. The van der Waals surface area contributed by atoms with E-state index >= 15 is 0 Å². The fraction of sp³-hybridized carbons (Fsp3) is 0.0625. The number of halogens is 2. The van der Waals surface area contributed by atoms with Gasteiger partial charge in [0.15, 0.2) is 5.43 Å². The Kier molecular flexibility index (Phi) is 3.28. The number of aromatic nitrogens is 1. The summed E-state index contributed by atoms with van der Waals surface area (Å²) in [5.74, 6) is 0. The Balaban J connectivity index is 2.44. The number of fused-ring (bicyclic) bond motifs is 1. The molecule has 2 nitrogen and oxygen atoms in total. The Morgan fingerprint density at radius 1 is 1.05 bits per heavy atom. The van der Waals surface area contributed by atoms with Crippen molar-refractivity contribution >= 4 is 34.1 Å². The van der Waals surface area contributed by atoms with Crippen molar-refractivity contribution in [3.63, 3.8) is 0 Å². The maximum absolute atomic E-state index is 12.7. The zero-order valence-corrected chi connectivity index (χ0v) is 12.2. The molecule has 0 atom stereocenters. The minimum absolute atomic E-state index is 0.0795. The van der Waals surface area contributed by atoms with Crippen LogP contribution < -0.4 is 5.43 Å². The van der Waals surface area contributed by atoms with Crippen molar-refractivity contribution in [3.05, 3.63) is 68.4 Å². The predicted molar refractivity (Wildman–Crippen MR) is 84.8 cm³/mol. The van der Waals surface area contributed by atoms with Crippen LogP contribution in [0.1, 0.15) is 5.69 Å². The minimum Gasteiger partial charge on any atom is -0.358 e. The smallest absolute Gasteiger partial charge is 0.198 e. The quantitative estimate of drug-likeness (QED) is 0.687. The standard InChI is InChI=1S/C16H11Cl2NO/c1-9-14(10-5-3-2-4-6-10)16(20)15-12(18)7-11(17)8-13(15)19-9/h2-8H,1H3,(H,19,20). The zero-order valence-electron chi connectivity index (χ0n) is 10.7. The van der Waals surface area contributed by atoms with Gasteiger partial charge in [-0.15, -0.1) is 0 Å². The molecule has 0 amide bonds. The van der Waals surface area contributed by atoms with Crippen LogP contribution in [0.5, 0.6) is 0 Å². The molecule has 0 aliphatic rings. The van der Waals surface area contributed by atoms with E-state index in [1.54, 1.807) is 12.1 Å². The van der Waals surface area contributed by atoms with E-state index in [2.05, 4.69) is 4.98 Å². The van der Waals surface area contributed by atoms with Gasteiger partial charge in [-0.25, -0.2) is 0 Å². The highest BCUT2D eigenvalue weighted by molar-refractivity contribution is 6.38. The SMILES string of the molecule is Cc1[nH]c2cc(Cl)cc(Cl)c2c(=O)c1-c1ccccc1. The lowest BCUT2D eigenvalue weighted by molar-refractivity contribution is 1.24. The van der Waals surface area contributed by atoms with Gasteiger partial charge >= 0.3 is 0 Å². The number of aryl methyl sites for hydroxylation is 1. The van der Waals surface area contributed by atoms with Crippen LogP contribution >= 0.6 is 23.2 Å². The molecular weight excluding hydrogens is 293 g/mol. The molecule has 2 aromatic carbocycles. The average Bonchev–Trinajstić information content (AvgIpc) is 2.38. The third-order valence-corrected chi connectivity index (χ3v) is 3.79. The van der Waals surface area contributed by atoms with E-state index < -0.39 is 0 Å². The van der Waals surface area contributed by atoms with E-state index in [1.807, 2.05) is 37.3 Å². The number of H-pyrrole nitrogens is 1. The normalized spacial score (nSPS) is 10.9. The molecule has 0 saturated carbocycles. The number of benzene rings is 2. The molecule has 1 heterocycles. The van der Waals surface area contributed by atoms with Crippen LogP contribution in [0.15, 0.2) is 47.3 Å². The lowest BCUT2D eigenvalue weighted by atomic mass is 10.0. The fourth-order valence-corrected chi connectivity index (χ4v) is 2.99. The topological polar surface area (TPSA) is 32.9 Å². The molecule has 20 heavy (non-hydrogen) atoms. The second-order valence-corrected chi connectivity index (χ2v) is 5.47. The summed E-state index contributed by atoms with van der Waals surface area (Å²) in [6, 6.07) is 12.8. The number of pyridine rings is 1. The first-order chi connectivity index (χ1) is 9.58. The second-order valence-electron chi connectivity index (χ2n) is 4.63. The zero-order chi connectivity index (χ0) is 14.3. The fourth-order valence-electron chi connectivity index (χ4n) is 2.42. The summed E-state index contributed by atoms with van der Waals surface area (Å²) >= 11 is 12.2. The van der Waals surface area contributed by atoms with E-state index in [0.29, 0.717) is 26.5 Å². The van der Waals surface area contributed by atoms with Crippen LogP contribution in [0.2, 0.25) is 10.0 Å². The molecule has 3 aromatic rings.